The lowest BCUT2D eigenvalue weighted by Gasteiger charge is -2.36. The average Bonchev–Trinajstić information content (AvgIpc) is 3.08. The second-order valence-corrected chi connectivity index (χ2v) is 8.80. The highest BCUT2D eigenvalue weighted by Gasteiger charge is 2.36. The molecule has 4 rings (SSSR count). The highest BCUT2D eigenvalue weighted by Crippen LogP contribution is 2.40. The predicted octanol–water partition coefficient (Wildman–Crippen LogP) is 3.02. The van der Waals surface area contributed by atoms with E-state index in [0.717, 1.165) is 30.0 Å². The Hall–Kier alpha value is -1.86. The second kappa shape index (κ2) is 9.10. The minimum absolute atomic E-state index is 0.138. The summed E-state index contributed by atoms with van der Waals surface area (Å²) in [7, 11) is 1.93. The number of rotatable bonds is 5. The van der Waals surface area contributed by atoms with E-state index in [1.54, 1.807) is 12.3 Å². The first kappa shape index (κ1) is 21.4. The van der Waals surface area contributed by atoms with Crippen LogP contribution < -0.4 is 4.90 Å². The van der Waals surface area contributed by atoms with Crippen LogP contribution in [0.5, 0.6) is 0 Å². The van der Waals surface area contributed by atoms with Crippen molar-refractivity contribution in [3.63, 3.8) is 0 Å². The van der Waals surface area contributed by atoms with Crippen LogP contribution in [0, 0.1) is 0 Å². The zero-order chi connectivity index (χ0) is 21.3. The van der Waals surface area contributed by atoms with Crippen molar-refractivity contribution in [3.05, 3.63) is 57.7 Å². The number of nitrogens with zero attached hydrogens (tertiary/aromatic N) is 4. The highest BCUT2D eigenvalue weighted by molar-refractivity contribution is 6.35. The average molecular weight is 449 g/mol. The standard InChI is InChI=1S/C22H26Cl2N4O2/c1-26(22-17-12-15(23)13-18(24)16(17)14-19(22)29)7-5-21(30)28-10-8-27(9-11-28)20-4-2-3-6-25-20/h2-4,6,12-13,19,22,29H,5,7-11,14H2,1H3. The molecule has 1 fully saturated rings. The fourth-order valence-corrected chi connectivity index (χ4v) is 5.04. The third kappa shape index (κ3) is 4.42. The molecule has 160 valence electrons. The first-order valence-corrected chi connectivity index (χ1v) is 11.0. The molecular weight excluding hydrogens is 423 g/mol. The van der Waals surface area contributed by atoms with Crippen molar-refractivity contribution in [2.24, 2.45) is 0 Å². The minimum atomic E-state index is -0.557. The molecule has 0 radical (unpaired) electrons. The van der Waals surface area contributed by atoms with E-state index in [1.165, 1.54) is 0 Å². The Labute approximate surface area is 187 Å². The van der Waals surface area contributed by atoms with Gasteiger partial charge in [-0.2, -0.15) is 0 Å². The Morgan fingerprint density at radius 2 is 2.00 bits per heavy atom. The van der Waals surface area contributed by atoms with Crippen molar-refractivity contribution in [2.75, 3.05) is 44.7 Å². The molecule has 6 nitrogen and oxygen atoms in total. The summed E-state index contributed by atoms with van der Waals surface area (Å²) in [5.74, 6) is 1.09. The number of anilines is 1. The Bertz CT molecular complexity index is 904. The molecule has 1 saturated heterocycles. The molecule has 0 bridgehead atoms. The van der Waals surface area contributed by atoms with Crippen LogP contribution in [0.2, 0.25) is 10.0 Å². The third-order valence-corrected chi connectivity index (χ3v) is 6.61. The molecule has 1 aromatic carbocycles. The summed E-state index contributed by atoms with van der Waals surface area (Å²) >= 11 is 12.5. The minimum Gasteiger partial charge on any atom is -0.391 e. The van der Waals surface area contributed by atoms with E-state index < -0.39 is 6.10 Å². The zero-order valence-corrected chi connectivity index (χ0v) is 18.5. The Morgan fingerprint density at radius 1 is 1.23 bits per heavy atom. The van der Waals surface area contributed by atoms with Gasteiger partial charge in [0.05, 0.1) is 12.1 Å². The van der Waals surface area contributed by atoms with E-state index in [9.17, 15) is 9.90 Å². The van der Waals surface area contributed by atoms with Crippen LogP contribution in [0.25, 0.3) is 0 Å². The zero-order valence-electron chi connectivity index (χ0n) is 17.0. The van der Waals surface area contributed by atoms with Gasteiger partial charge in [-0.25, -0.2) is 4.98 Å². The first-order valence-electron chi connectivity index (χ1n) is 10.2. The molecule has 0 saturated carbocycles. The first-order chi connectivity index (χ1) is 14.4. The molecule has 2 aliphatic rings. The van der Waals surface area contributed by atoms with Gasteiger partial charge in [-0.15, -0.1) is 0 Å². The van der Waals surface area contributed by atoms with E-state index in [0.29, 0.717) is 42.5 Å². The Kier molecular flexibility index (Phi) is 6.48. The van der Waals surface area contributed by atoms with Gasteiger partial charge in [0.25, 0.3) is 0 Å². The number of halogens is 2. The molecular formula is C22H26Cl2N4O2. The number of carbonyl (C=O) groups is 1. The van der Waals surface area contributed by atoms with E-state index in [1.807, 2.05) is 41.1 Å². The maximum atomic E-state index is 12.8. The number of carbonyl (C=O) groups excluding carboxylic acids is 1. The van der Waals surface area contributed by atoms with Crippen LogP contribution in [0.3, 0.4) is 0 Å². The molecule has 1 N–H and O–H groups in total. The molecule has 8 heteroatoms. The van der Waals surface area contributed by atoms with Crippen LogP contribution in [0.1, 0.15) is 23.6 Å². The number of benzene rings is 1. The largest absolute Gasteiger partial charge is 0.391 e. The van der Waals surface area contributed by atoms with Crippen molar-refractivity contribution >= 4 is 34.9 Å². The van der Waals surface area contributed by atoms with Crippen molar-refractivity contribution in [3.8, 4) is 0 Å². The fraction of sp³-hybridized carbons (Fsp3) is 0.455. The molecule has 2 unspecified atom stereocenters. The maximum absolute atomic E-state index is 12.8. The van der Waals surface area contributed by atoms with E-state index >= 15 is 0 Å². The highest BCUT2D eigenvalue weighted by atomic mass is 35.5. The number of amides is 1. The molecule has 2 heterocycles. The fourth-order valence-electron chi connectivity index (χ4n) is 4.46. The normalized spacial score (nSPS) is 21.2. The second-order valence-electron chi connectivity index (χ2n) is 7.96. The summed E-state index contributed by atoms with van der Waals surface area (Å²) in [5, 5.41) is 11.8. The van der Waals surface area contributed by atoms with Gasteiger partial charge < -0.3 is 14.9 Å². The van der Waals surface area contributed by atoms with Gasteiger partial charge in [0.15, 0.2) is 0 Å². The number of pyridine rings is 1. The number of piperazine rings is 1. The van der Waals surface area contributed by atoms with Crippen LogP contribution >= 0.6 is 23.2 Å². The van der Waals surface area contributed by atoms with Crippen LogP contribution in [-0.4, -0.2) is 71.7 Å². The van der Waals surface area contributed by atoms with Gasteiger partial charge in [-0.05, 0) is 42.4 Å². The Balaban J connectivity index is 1.32. The number of hydrogen-bond acceptors (Lipinski definition) is 5. The Morgan fingerprint density at radius 3 is 2.70 bits per heavy atom. The number of aliphatic hydroxyl groups excluding tert-OH is 1. The van der Waals surface area contributed by atoms with Crippen LogP contribution in [0.4, 0.5) is 5.82 Å². The van der Waals surface area contributed by atoms with Gasteiger partial charge in [0, 0.05) is 61.8 Å². The van der Waals surface area contributed by atoms with E-state index in [-0.39, 0.29) is 11.9 Å². The number of aromatic nitrogens is 1. The quantitative estimate of drug-likeness (QED) is 0.761. The lowest BCUT2D eigenvalue weighted by atomic mass is 10.1. The summed E-state index contributed by atoms with van der Waals surface area (Å²) in [5.41, 5.74) is 1.90. The summed E-state index contributed by atoms with van der Waals surface area (Å²) in [6.45, 7) is 3.51. The molecule has 1 aliphatic carbocycles. The summed E-state index contributed by atoms with van der Waals surface area (Å²) in [6, 6.07) is 9.26. The third-order valence-electron chi connectivity index (χ3n) is 6.05. The summed E-state index contributed by atoms with van der Waals surface area (Å²) in [4.78, 5) is 23.3. The SMILES string of the molecule is CN(CCC(=O)N1CCN(c2ccccn2)CC1)C1c2cc(Cl)cc(Cl)c2CC1O. The van der Waals surface area contributed by atoms with Crippen molar-refractivity contribution in [1.82, 2.24) is 14.8 Å². The lowest BCUT2D eigenvalue weighted by molar-refractivity contribution is -0.132. The van der Waals surface area contributed by atoms with Gasteiger partial charge >= 0.3 is 0 Å². The number of likely N-dealkylation sites (N-methyl/N-ethyl adjacent to an activating group) is 1. The number of fused-ring (bicyclic) bond motifs is 1. The molecule has 30 heavy (non-hydrogen) atoms. The van der Waals surface area contributed by atoms with Crippen molar-refractivity contribution < 1.29 is 9.90 Å². The van der Waals surface area contributed by atoms with E-state index in [4.69, 9.17) is 23.2 Å². The topological polar surface area (TPSA) is 59.9 Å². The summed E-state index contributed by atoms with van der Waals surface area (Å²) < 4.78 is 0. The maximum Gasteiger partial charge on any atom is 0.223 e. The molecule has 0 spiro atoms. The molecule has 2 aromatic rings. The number of aliphatic hydroxyl groups is 1. The van der Waals surface area contributed by atoms with Crippen molar-refractivity contribution in [1.29, 1.82) is 0 Å². The molecule has 1 aromatic heterocycles. The van der Waals surface area contributed by atoms with Gasteiger partial charge in [0.1, 0.15) is 5.82 Å². The monoisotopic (exact) mass is 448 g/mol. The predicted molar refractivity (Wildman–Crippen MR) is 119 cm³/mol. The number of hydrogen-bond donors (Lipinski definition) is 1. The summed E-state index contributed by atoms with van der Waals surface area (Å²) in [6.07, 6.45) is 2.15. The smallest absolute Gasteiger partial charge is 0.223 e. The molecule has 2 atom stereocenters. The van der Waals surface area contributed by atoms with Gasteiger partial charge in [-0.1, -0.05) is 29.3 Å². The van der Waals surface area contributed by atoms with E-state index in [2.05, 4.69) is 9.88 Å². The van der Waals surface area contributed by atoms with Gasteiger partial charge in [-0.3, -0.25) is 9.69 Å². The molecule has 1 aliphatic heterocycles. The molecule has 1 amide bonds. The van der Waals surface area contributed by atoms with Crippen LogP contribution in [-0.2, 0) is 11.2 Å². The van der Waals surface area contributed by atoms with Gasteiger partial charge in [0.2, 0.25) is 5.91 Å². The van der Waals surface area contributed by atoms with Crippen LogP contribution in [0.15, 0.2) is 36.5 Å². The lowest BCUT2D eigenvalue weighted by Crippen LogP contribution is -2.49. The van der Waals surface area contributed by atoms with Crippen molar-refractivity contribution in [2.45, 2.75) is 25.0 Å².